The van der Waals surface area contributed by atoms with Crippen molar-refractivity contribution in [2.75, 3.05) is 0 Å². The van der Waals surface area contributed by atoms with Crippen LogP contribution in [0.3, 0.4) is 0 Å². The molecule has 1 aliphatic rings. The van der Waals surface area contributed by atoms with Crippen molar-refractivity contribution in [3.63, 3.8) is 0 Å². The van der Waals surface area contributed by atoms with Crippen LogP contribution in [0.4, 0.5) is 0 Å². The summed E-state index contributed by atoms with van der Waals surface area (Å²) in [5.41, 5.74) is 1.92. The second-order valence-electron chi connectivity index (χ2n) is 6.93. The van der Waals surface area contributed by atoms with Gasteiger partial charge in [-0.15, -0.1) is 11.3 Å². The summed E-state index contributed by atoms with van der Waals surface area (Å²) >= 11 is 7.33. The second-order valence-corrected chi connectivity index (χ2v) is 8.42. The first-order valence-electron chi connectivity index (χ1n) is 8.68. The summed E-state index contributed by atoms with van der Waals surface area (Å²) in [4.78, 5) is 22.7. The van der Waals surface area contributed by atoms with E-state index < -0.39 is 5.63 Å². The van der Waals surface area contributed by atoms with Gasteiger partial charge in [-0.25, -0.2) is 9.78 Å². The number of H-pyrrole nitrogens is 1. The van der Waals surface area contributed by atoms with Gasteiger partial charge in [-0.05, 0) is 42.9 Å². The number of aromatic nitrogens is 2. The third-order valence-corrected chi connectivity index (χ3v) is 6.52. The SMILES string of the molecule is C[C@@H]1CCc2c(sc3nc(-c4cc5ccccc5oc4=O)[nH]c(=S)c23)C1. The Morgan fingerprint density at radius 1 is 1.35 bits per heavy atom. The second kappa shape index (κ2) is 5.86. The molecule has 1 aliphatic carbocycles. The maximum atomic E-state index is 12.5. The maximum absolute atomic E-state index is 12.5. The number of nitrogens with one attached hydrogen (secondary N) is 1. The summed E-state index contributed by atoms with van der Waals surface area (Å²) in [5.74, 6) is 1.17. The van der Waals surface area contributed by atoms with Gasteiger partial charge in [0, 0.05) is 15.6 Å². The van der Waals surface area contributed by atoms with Crippen molar-refractivity contribution in [2.45, 2.75) is 26.2 Å². The fourth-order valence-electron chi connectivity index (χ4n) is 3.70. The van der Waals surface area contributed by atoms with Crippen molar-refractivity contribution in [1.29, 1.82) is 0 Å². The average molecular weight is 380 g/mol. The molecule has 3 heterocycles. The van der Waals surface area contributed by atoms with E-state index in [0.717, 1.165) is 28.4 Å². The van der Waals surface area contributed by atoms with Crippen LogP contribution in [-0.4, -0.2) is 9.97 Å². The van der Waals surface area contributed by atoms with Crippen molar-refractivity contribution in [3.8, 4) is 11.4 Å². The van der Waals surface area contributed by atoms with Gasteiger partial charge in [0.2, 0.25) is 0 Å². The van der Waals surface area contributed by atoms with Crippen molar-refractivity contribution >= 4 is 44.7 Å². The van der Waals surface area contributed by atoms with Crippen LogP contribution in [0.2, 0.25) is 0 Å². The molecule has 0 bridgehead atoms. The summed E-state index contributed by atoms with van der Waals surface area (Å²) in [7, 11) is 0. The number of aryl methyl sites for hydroxylation is 1. The van der Waals surface area contributed by atoms with E-state index in [1.54, 1.807) is 17.4 Å². The lowest BCUT2D eigenvalue weighted by molar-refractivity contribution is 0.509. The molecule has 0 radical (unpaired) electrons. The van der Waals surface area contributed by atoms with Crippen LogP contribution in [0.5, 0.6) is 0 Å². The minimum absolute atomic E-state index is 0.406. The Morgan fingerprint density at radius 2 is 2.19 bits per heavy atom. The zero-order valence-electron chi connectivity index (χ0n) is 14.2. The predicted octanol–water partition coefficient (Wildman–Crippen LogP) is 5.25. The number of nitrogens with zero attached hydrogens (tertiary/aromatic N) is 1. The first-order chi connectivity index (χ1) is 12.6. The number of rotatable bonds is 1. The van der Waals surface area contributed by atoms with Crippen LogP contribution in [0.1, 0.15) is 23.8 Å². The number of para-hydroxylation sites is 1. The fourth-order valence-corrected chi connectivity index (χ4v) is 5.48. The monoisotopic (exact) mass is 380 g/mol. The Morgan fingerprint density at radius 3 is 3.08 bits per heavy atom. The molecule has 4 nitrogen and oxygen atoms in total. The van der Waals surface area contributed by atoms with Crippen LogP contribution in [0, 0.1) is 10.6 Å². The van der Waals surface area contributed by atoms with Gasteiger partial charge in [-0.3, -0.25) is 0 Å². The molecule has 1 aromatic carbocycles. The molecule has 3 aromatic heterocycles. The average Bonchev–Trinajstić information content (AvgIpc) is 2.98. The van der Waals surface area contributed by atoms with Crippen molar-refractivity contribution in [3.05, 3.63) is 55.8 Å². The molecule has 130 valence electrons. The van der Waals surface area contributed by atoms with Crippen LogP contribution in [0.25, 0.3) is 32.6 Å². The maximum Gasteiger partial charge on any atom is 0.347 e. The van der Waals surface area contributed by atoms with Gasteiger partial charge in [0.15, 0.2) is 0 Å². The Hall–Kier alpha value is -2.31. The summed E-state index contributed by atoms with van der Waals surface area (Å²) in [6, 6.07) is 9.28. The lowest BCUT2D eigenvalue weighted by Crippen LogP contribution is -2.08. The lowest BCUT2D eigenvalue weighted by atomic mass is 9.89. The van der Waals surface area contributed by atoms with Crippen LogP contribution >= 0.6 is 23.6 Å². The number of thiophene rings is 1. The molecule has 1 N–H and O–H groups in total. The molecular formula is C20H16N2O2S2. The number of benzene rings is 1. The topological polar surface area (TPSA) is 58.9 Å². The molecule has 0 aliphatic heterocycles. The highest BCUT2D eigenvalue weighted by atomic mass is 32.1. The first-order valence-corrected chi connectivity index (χ1v) is 9.90. The largest absolute Gasteiger partial charge is 0.422 e. The van der Waals surface area contributed by atoms with Gasteiger partial charge < -0.3 is 9.40 Å². The molecule has 0 saturated carbocycles. The van der Waals surface area contributed by atoms with E-state index in [1.165, 1.54) is 16.9 Å². The summed E-state index contributed by atoms with van der Waals surface area (Å²) in [6.45, 7) is 2.28. The van der Waals surface area contributed by atoms with Crippen molar-refractivity contribution in [2.24, 2.45) is 5.92 Å². The summed E-state index contributed by atoms with van der Waals surface area (Å²) in [5, 5.41) is 1.92. The Bertz CT molecular complexity index is 1280. The van der Waals surface area contributed by atoms with E-state index in [1.807, 2.05) is 24.3 Å². The van der Waals surface area contributed by atoms with Crippen molar-refractivity contribution in [1.82, 2.24) is 9.97 Å². The highest BCUT2D eigenvalue weighted by molar-refractivity contribution is 7.71. The standard InChI is InChI=1S/C20H16N2O2S2/c1-10-6-7-12-15(8-10)26-19-16(12)18(25)21-17(22-19)13-9-11-4-2-3-5-14(11)24-20(13)23/h2-5,9-10H,6-8H2,1H3,(H,21,22,25)/t10-/m1/s1. The van der Waals surface area contributed by atoms with E-state index in [9.17, 15) is 4.79 Å². The molecule has 1 atom stereocenters. The molecule has 4 aromatic rings. The third kappa shape index (κ3) is 2.44. The summed E-state index contributed by atoms with van der Waals surface area (Å²) in [6.07, 6.45) is 3.31. The van der Waals surface area contributed by atoms with E-state index in [2.05, 4.69) is 11.9 Å². The quantitative estimate of drug-likeness (QED) is 0.362. The Balaban J connectivity index is 1.75. The molecular weight excluding hydrogens is 364 g/mol. The van der Waals surface area contributed by atoms with Gasteiger partial charge >= 0.3 is 5.63 Å². The van der Waals surface area contributed by atoms with E-state index in [4.69, 9.17) is 21.6 Å². The fraction of sp³-hybridized carbons (Fsp3) is 0.250. The molecule has 0 amide bonds. The van der Waals surface area contributed by atoms with E-state index >= 15 is 0 Å². The lowest BCUT2D eigenvalue weighted by Gasteiger charge is -2.17. The number of aromatic amines is 1. The van der Waals surface area contributed by atoms with Crippen LogP contribution in [-0.2, 0) is 12.8 Å². The Labute approximate surface area is 158 Å². The van der Waals surface area contributed by atoms with Gasteiger partial charge in [0.25, 0.3) is 0 Å². The molecule has 0 saturated heterocycles. The zero-order chi connectivity index (χ0) is 17.8. The first kappa shape index (κ1) is 15.9. The van der Waals surface area contributed by atoms with Gasteiger partial charge in [0.1, 0.15) is 26.4 Å². The highest BCUT2D eigenvalue weighted by Crippen LogP contribution is 2.38. The van der Waals surface area contributed by atoms with Gasteiger partial charge in [-0.1, -0.05) is 37.3 Å². The summed E-state index contributed by atoms with van der Waals surface area (Å²) < 4.78 is 6.11. The predicted molar refractivity (Wildman–Crippen MR) is 107 cm³/mol. The van der Waals surface area contributed by atoms with E-state index in [-0.39, 0.29) is 0 Å². The Kier molecular flexibility index (Phi) is 3.58. The molecule has 6 heteroatoms. The molecule has 26 heavy (non-hydrogen) atoms. The normalized spacial score (nSPS) is 16.9. The highest BCUT2D eigenvalue weighted by Gasteiger charge is 2.22. The van der Waals surface area contributed by atoms with Gasteiger partial charge in [0.05, 0.1) is 0 Å². The minimum Gasteiger partial charge on any atom is -0.422 e. The number of fused-ring (bicyclic) bond motifs is 4. The van der Waals surface area contributed by atoms with Gasteiger partial charge in [-0.2, -0.15) is 0 Å². The zero-order valence-corrected chi connectivity index (χ0v) is 15.8. The number of hydrogen-bond acceptors (Lipinski definition) is 5. The van der Waals surface area contributed by atoms with E-state index in [0.29, 0.717) is 27.5 Å². The number of hydrogen-bond donors (Lipinski definition) is 1. The van der Waals surface area contributed by atoms with Crippen LogP contribution in [0.15, 0.2) is 39.5 Å². The van der Waals surface area contributed by atoms with Crippen molar-refractivity contribution < 1.29 is 4.42 Å². The smallest absolute Gasteiger partial charge is 0.347 e. The molecule has 0 fully saturated rings. The molecule has 0 unspecified atom stereocenters. The van der Waals surface area contributed by atoms with Crippen LogP contribution < -0.4 is 5.63 Å². The molecule has 5 rings (SSSR count). The molecule has 0 spiro atoms. The third-order valence-electron chi connectivity index (χ3n) is 5.06. The minimum atomic E-state index is -0.406.